The molecule has 1 N–H and O–H groups in total. The van der Waals surface area contributed by atoms with Crippen LogP contribution >= 0.6 is 12.2 Å². The molecule has 0 aromatic carbocycles. The van der Waals surface area contributed by atoms with Crippen LogP contribution in [0.25, 0.3) is 0 Å². The molecular formula is C13H26N2O2S. The van der Waals surface area contributed by atoms with E-state index in [0.717, 1.165) is 17.6 Å². The lowest BCUT2D eigenvalue weighted by Crippen LogP contribution is -2.50. The van der Waals surface area contributed by atoms with Gasteiger partial charge >= 0.3 is 0 Å². The molecule has 0 heterocycles. The Hall–Kier alpha value is -0.390. The van der Waals surface area contributed by atoms with Gasteiger partial charge in [-0.25, -0.2) is 0 Å². The largest absolute Gasteiger partial charge is 0.383 e. The summed E-state index contributed by atoms with van der Waals surface area (Å²) < 4.78 is 10.3. The molecule has 106 valence electrons. The highest BCUT2D eigenvalue weighted by Crippen LogP contribution is 2.35. The first-order valence-corrected chi connectivity index (χ1v) is 7.06. The van der Waals surface area contributed by atoms with Gasteiger partial charge in [-0.05, 0) is 44.8 Å². The van der Waals surface area contributed by atoms with Crippen LogP contribution in [0.3, 0.4) is 0 Å². The Balaban J connectivity index is 2.48. The minimum Gasteiger partial charge on any atom is -0.383 e. The number of hydrogen-bond donors (Lipinski definition) is 1. The predicted molar refractivity (Wildman–Crippen MR) is 77.8 cm³/mol. The quantitative estimate of drug-likeness (QED) is 0.681. The summed E-state index contributed by atoms with van der Waals surface area (Å²) in [6.07, 6.45) is 2.64. The van der Waals surface area contributed by atoms with Gasteiger partial charge in [0.2, 0.25) is 0 Å². The Morgan fingerprint density at radius 2 is 2.00 bits per heavy atom. The van der Waals surface area contributed by atoms with Crippen molar-refractivity contribution in [3.8, 4) is 0 Å². The number of nitrogens with zero attached hydrogens (tertiary/aromatic N) is 1. The van der Waals surface area contributed by atoms with Crippen LogP contribution in [-0.2, 0) is 9.47 Å². The minimum absolute atomic E-state index is 0.235. The first-order valence-electron chi connectivity index (χ1n) is 6.65. The summed E-state index contributed by atoms with van der Waals surface area (Å²) in [5.74, 6) is 0.791. The van der Waals surface area contributed by atoms with Gasteiger partial charge in [-0.2, -0.15) is 0 Å². The van der Waals surface area contributed by atoms with Crippen molar-refractivity contribution in [2.75, 3.05) is 34.0 Å². The first-order chi connectivity index (χ1) is 8.60. The molecular weight excluding hydrogens is 248 g/mol. The van der Waals surface area contributed by atoms with E-state index in [2.05, 4.69) is 24.1 Å². The summed E-state index contributed by atoms with van der Waals surface area (Å²) in [5, 5.41) is 4.15. The predicted octanol–water partition coefficient (Wildman–Crippen LogP) is 1.64. The SMILES string of the molecule is COCCN(C(=S)NC(C)COC)C(C)C1CC1. The number of rotatable bonds is 8. The molecule has 1 rings (SSSR count). The summed E-state index contributed by atoms with van der Waals surface area (Å²) in [6.45, 7) is 6.54. The van der Waals surface area contributed by atoms with Crippen LogP contribution in [0, 0.1) is 5.92 Å². The van der Waals surface area contributed by atoms with Crippen molar-refractivity contribution in [2.24, 2.45) is 5.92 Å². The van der Waals surface area contributed by atoms with Crippen LogP contribution in [-0.4, -0.2) is 56.1 Å². The van der Waals surface area contributed by atoms with Crippen molar-refractivity contribution < 1.29 is 9.47 Å². The molecule has 1 fully saturated rings. The fraction of sp³-hybridized carbons (Fsp3) is 0.923. The van der Waals surface area contributed by atoms with Gasteiger partial charge in [0.25, 0.3) is 0 Å². The van der Waals surface area contributed by atoms with Crippen molar-refractivity contribution in [1.82, 2.24) is 10.2 Å². The molecule has 1 saturated carbocycles. The molecule has 2 unspecified atom stereocenters. The average Bonchev–Trinajstić information content (AvgIpc) is 3.13. The maximum Gasteiger partial charge on any atom is 0.169 e. The molecule has 4 nitrogen and oxygen atoms in total. The van der Waals surface area contributed by atoms with Crippen LogP contribution in [0.15, 0.2) is 0 Å². The van der Waals surface area contributed by atoms with Gasteiger partial charge in [-0.3, -0.25) is 0 Å². The van der Waals surface area contributed by atoms with E-state index in [1.54, 1.807) is 14.2 Å². The zero-order valence-corrected chi connectivity index (χ0v) is 12.8. The Labute approximate surface area is 116 Å². The van der Waals surface area contributed by atoms with Crippen LogP contribution < -0.4 is 5.32 Å². The molecule has 0 spiro atoms. The maximum atomic E-state index is 5.51. The summed E-state index contributed by atoms with van der Waals surface area (Å²) in [4.78, 5) is 2.25. The third-order valence-corrected chi connectivity index (χ3v) is 3.73. The van der Waals surface area contributed by atoms with Crippen molar-refractivity contribution in [2.45, 2.75) is 38.8 Å². The van der Waals surface area contributed by atoms with E-state index in [1.807, 2.05) is 0 Å². The van der Waals surface area contributed by atoms with E-state index < -0.39 is 0 Å². The standard InChI is InChI=1S/C13H26N2O2S/c1-10(9-17-4)14-13(18)15(7-8-16-3)11(2)12-5-6-12/h10-12H,5-9H2,1-4H3,(H,14,18). The fourth-order valence-electron chi connectivity index (χ4n) is 2.10. The molecule has 1 aliphatic rings. The lowest BCUT2D eigenvalue weighted by molar-refractivity contribution is 0.154. The third kappa shape index (κ3) is 5.08. The van der Waals surface area contributed by atoms with Gasteiger partial charge < -0.3 is 19.7 Å². The number of thiocarbonyl (C=S) groups is 1. The van der Waals surface area contributed by atoms with Crippen LogP contribution in [0.1, 0.15) is 26.7 Å². The second-order valence-electron chi connectivity index (χ2n) is 5.07. The van der Waals surface area contributed by atoms with Crippen molar-refractivity contribution in [3.05, 3.63) is 0 Å². The van der Waals surface area contributed by atoms with Crippen molar-refractivity contribution >= 4 is 17.3 Å². The summed E-state index contributed by atoms with van der Waals surface area (Å²) >= 11 is 5.51. The van der Waals surface area contributed by atoms with Crippen molar-refractivity contribution in [1.29, 1.82) is 0 Å². The highest BCUT2D eigenvalue weighted by molar-refractivity contribution is 7.80. The lowest BCUT2D eigenvalue weighted by atomic mass is 10.2. The van der Waals surface area contributed by atoms with E-state index in [0.29, 0.717) is 19.3 Å². The van der Waals surface area contributed by atoms with Crippen LogP contribution in [0.2, 0.25) is 0 Å². The van der Waals surface area contributed by atoms with Crippen molar-refractivity contribution in [3.63, 3.8) is 0 Å². The summed E-state index contributed by atoms with van der Waals surface area (Å²) in [5.41, 5.74) is 0. The van der Waals surface area contributed by atoms with E-state index in [-0.39, 0.29) is 6.04 Å². The van der Waals surface area contributed by atoms with Gasteiger partial charge in [0.1, 0.15) is 0 Å². The maximum absolute atomic E-state index is 5.51. The molecule has 0 bridgehead atoms. The second-order valence-corrected chi connectivity index (χ2v) is 5.46. The van der Waals surface area contributed by atoms with E-state index >= 15 is 0 Å². The third-order valence-electron chi connectivity index (χ3n) is 3.38. The normalized spacial score (nSPS) is 18.2. The molecule has 0 saturated heterocycles. The highest BCUT2D eigenvalue weighted by atomic mass is 32.1. The second kappa shape index (κ2) is 7.92. The molecule has 18 heavy (non-hydrogen) atoms. The Bertz CT molecular complexity index is 259. The molecule has 0 radical (unpaired) electrons. The Kier molecular flexibility index (Phi) is 6.89. The van der Waals surface area contributed by atoms with E-state index in [9.17, 15) is 0 Å². The zero-order valence-electron chi connectivity index (χ0n) is 11.9. The summed E-state index contributed by atoms with van der Waals surface area (Å²) in [6, 6.07) is 0.730. The summed E-state index contributed by atoms with van der Waals surface area (Å²) in [7, 11) is 3.43. The molecule has 5 heteroatoms. The fourth-order valence-corrected chi connectivity index (χ4v) is 2.56. The van der Waals surface area contributed by atoms with Crippen LogP contribution in [0.4, 0.5) is 0 Å². The molecule has 2 atom stereocenters. The molecule has 0 amide bonds. The molecule has 1 aliphatic carbocycles. The molecule has 0 aromatic heterocycles. The minimum atomic E-state index is 0.235. The van der Waals surface area contributed by atoms with Gasteiger partial charge in [-0.1, -0.05) is 0 Å². The number of methoxy groups -OCH3 is 2. The first kappa shape index (κ1) is 15.7. The monoisotopic (exact) mass is 274 g/mol. The van der Waals surface area contributed by atoms with Gasteiger partial charge in [-0.15, -0.1) is 0 Å². The highest BCUT2D eigenvalue weighted by Gasteiger charge is 2.33. The lowest BCUT2D eigenvalue weighted by Gasteiger charge is -2.33. The number of ether oxygens (including phenoxy) is 2. The number of nitrogens with one attached hydrogen (secondary N) is 1. The number of hydrogen-bond acceptors (Lipinski definition) is 3. The van der Waals surface area contributed by atoms with E-state index in [4.69, 9.17) is 21.7 Å². The molecule has 0 aromatic rings. The topological polar surface area (TPSA) is 33.7 Å². The smallest absolute Gasteiger partial charge is 0.169 e. The Morgan fingerprint density at radius 3 is 2.50 bits per heavy atom. The van der Waals surface area contributed by atoms with Gasteiger partial charge in [0.05, 0.1) is 13.2 Å². The van der Waals surface area contributed by atoms with Gasteiger partial charge in [0.15, 0.2) is 5.11 Å². The Morgan fingerprint density at radius 1 is 1.33 bits per heavy atom. The van der Waals surface area contributed by atoms with Crippen LogP contribution in [0.5, 0.6) is 0 Å². The zero-order chi connectivity index (χ0) is 13.5. The molecule has 0 aliphatic heterocycles. The van der Waals surface area contributed by atoms with Gasteiger partial charge in [0, 0.05) is 32.8 Å². The average molecular weight is 274 g/mol. The van der Waals surface area contributed by atoms with E-state index in [1.165, 1.54) is 12.8 Å².